The van der Waals surface area contributed by atoms with Gasteiger partial charge in [0, 0.05) is 6.54 Å². The van der Waals surface area contributed by atoms with E-state index in [1.807, 2.05) is 13.8 Å². The third-order valence-corrected chi connectivity index (χ3v) is 4.12. The molecule has 1 fully saturated rings. The van der Waals surface area contributed by atoms with E-state index < -0.39 is 0 Å². The molecule has 0 spiro atoms. The topological polar surface area (TPSA) is 37.4 Å². The molecule has 4 atom stereocenters. The fourth-order valence-corrected chi connectivity index (χ4v) is 3.26. The van der Waals surface area contributed by atoms with Crippen LogP contribution in [0.4, 0.5) is 0 Å². The van der Waals surface area contributed by atoms with Crippen LogP contribution in [0.3, 0.4) is 0 Å². The largest absolute Gasteiger partial charge is 0.282 e. The van der Waals surface area contributed by atoms with Gasteiger partial charge in [-0.1, -0.05) is 32.4 Å². The van der Waals surface area contributed by atoms with Crippen LogP contribution in [-0.2, 0) is 9.59 Å². The van der Waals surface area contributed by atoms with Crippen molar-refractivity contribution in [2.24, 2.45) is 23.7 Å². The smallest absolute Gasteiger partial charge is 0.233 e. The Morgan fingerprint density at radius 2 is 1.76 bits per heavy atom. The van der Waals surface area contributed by atoms with Gasteiger partial charge in [-0.3, -0.25) is 14.5 Å². The van der Waals surface area contributed by atoms with Crippen LogP contribution in [0, 0.1) is 23.7 Å². The summed E-state index contributed by atoms with van der Waals surface area (Å²) < 4.78 is 0. The first-order valence-corrected chi connectivity index (χ1v) is 6.65. The highest BCUT2D eigenvalue weighted by molar-refractivity contribution is 6.05. The zero-order valence-electron chi connectivity index (χ0n) is 10.8. The highest BCUT2D eigenvalue weighted by Gasteiger charge is 2.52. The van der Waals surface area contributed by atoms with E-state index in [0.29, 0.717) is 6.54 Å². The lowest BCUT2D eigenvalue weighted by Crippen LogP contribution is -2.32. The number of nitrogens with zero attached hydrogens (tertiary/aromatic N) is 1. The van der Waals surface area contributed by atoms with Crippen LogP contribution in [-0.4, -0.2) is 23.3 Å². The van der Waals surface area contributed by atoms with E-state index in [2.05, 4.69) is 19.1 Å². The lowest BCUT2D eigenvalue weighted by molar-refractivity contribution is -0.139. The standard InChI is InChI=1S/C14H21NO2/c1-4-6-10-8-7-9(3)11-12(10)14(17)15(5-2)13(11)16/h7-12H,4-6H2,1-3H3. The van der Waals surface area contributed by atoms with Crippen LogP contribution in [0.15, 0.2) is 12.2 Å². The molecule has 1 heterocycles. The molecule has 94 valence electrons. The van der Waals surface area contributed by atoms with E-state index in [4.69, 9.17) is 0 Å². The first-order chi connectivity index (χ1) is 8.11. The second-order valence-corrected chi connectivity index (χ2v) is 5.17. The van der Waals surface area contributed by atoms with Crippen molar-refractivity contribution in [3.05, 3.63) is 12.2 Å². The maximum atomic E-state index is 12.3. The van der Waals surface area contributed by atoms with Crippen molar-refractivity contribution >= 4 is 11.8 Å². The van der Waals surface area contributed by atoms with Gasteiger partial charge in [0.2, 0.25) is 11.8 Å². The predicted molar refractivity (Wildman–Crippen MR) is 66.1 cm³/mol. The summed E-state index contributed by atoms with van der Waals surface area (Å²) in [5.74, 6) is 0.347. The zero-order chi connectivity index (χ0) is 12.6. The van der Waals surface area contributed by atoms with Gasteiger partial charge >= 0.3 is 0 Å². The fourth-order valence-electron chi connectivity index (χ4n) is 3.26. The second-order valence-electron chi connectivity index (χ2n) is 5.17. The molecular formula is C14H21NO2. The monoisotopic (exact) mass is 235 g/mol. The van der Waals surface area contributed by atoms with Gasteiger partial charge in [-0.15, -0.1) is 0 Å². The van der Waals surface area contributed by atoms with Crippen molar-refractivity contribution in [1.29, 1.82) is 0 Å². The lowest BCUT2D eigenvalue weighted by Gasteiger charge is -2.29. The maximum absolute atomic E-state index is 12.3. The number of amides is 2. The average molecular weight is 235 g/mol. The van der Waals surface area contributed by atoms with E-state index in [-0.39, 0.29) is 35.5 Å². The molecule has 0 aromatic carbocycles. The van der Waals surface area contributed by atoms with E-state index in [1.54, 1.807) is 0 Å². The summed E-state index contributed by atoms with van der Waals surface area (Å²) in [6.45, 7) is 6.55. The Morgan fingerprint density at radius 3 is 2.35 bits per heavy atom. The van der Waals surface area contributed by atoms with Gasteiger partial charge in [0.05, 0.1) is 11.8 Å². The molecule has 3 heteroatoms. The Kier molecular flexibility index (Phi) is 3.36. The summed E-state index contributed by atoms with van der Waals surface area (Å²) in [6.07, 6.45) is 6.33. The van der Waals surface area contributed by atoms with Crippen molar-refractivity contribution < 1.29 is 9.59 Å². The molecule has 2 amide bonds. The summed E-state index contributed by atoms with van der Waals surface area (Å²) in [6, 6.07) is 0. The van der Waals surface area contributed by atoms with Gasteiger partial charge in [-0.2, -0.15) is 0 Å². The summed E-state index contributed by atoms with van der Waals surface area (Å²) in [4.78, 5) is 25.9. The van der Waals surface area contributed by atoms with Crippen molar-refractivity contribution in [2.75, 3.05) is 6.54 Å². The molecule has 0 N–H and O–H groups in total. The van der Waals surface area contributed by atoms with Crippen molar-refractivity contribution in [2.45, 2.75) is 33.6 Å². The molecule has 4 unspecified atom stereocenters. The fraction of sp³-hybridized carbons (Fsp3) is 0.714. The Bertz CT molecular complexity index is 361. The predicted octanol–water partition coefficient (Wildman–Crippen LogP) is 2.23. The lowest BCUT2D eigenvalue weighted by atomic mass is 9.71. The SMILES string of the molecule is CCCC1C=CC(C)C2C(=O)N(CC)C(=O)C12. The average Bonchev–Trinajstić information content (AvgIpc) is 2.56. The number of hydrogen-bond acceptors (Lipinski definition) is 2. The number of likely N-dealkylation sites (tertiary alicyclic amines) is 1. The first-order valence-electron chi connectivity index (χ1n) is 6.65. The van der Waals surface area contributed by atoms with Gasteiger partial charge in [0.15, 0.2) is 0 Å². The van der Waals surface area contributed by atoms with Gasteiger partial charge in [0.25, 0.3) is 0 Å². The Balaban J connectivity index is 2.33. The number of allylic oxidation sites excluding steroid dienone is 2. The molecular weight excluding hydrogens is 214 g/mol. The molecule has 17 heavy (non-hydrogen) atoms. The Morgan fingerprint density at radius 1 is 1.12 bits per heavy atom. The van der Waals surface area contributed by atoms with Crippen molar-refractivity contribution in [3.63, 3.8) is 0 Å². The van der Waals surface area contributed by atoms with Crippen LogP contribution in [0.25, 0.3) is 0 Å². The molecule has 1 aliphatic carbocycles. The van der Waals surface area contributed by atoms with Crippen LogP contribution in [0.2, 0.25) is 0 Å². The Hall–Kier alpha value is -1.12. The minimum absolute atomic E-state index is 0.0421. The van der Waals surface area contributed by atoms with Crippen LogP contribution in [0.5, 0.6) is 0 Å². The normalized spacial score (nSPS) is 36.5. The number of fused-ring (bicyclic) bond motifs is 1. The molecule has 0 aromatic heterocycles. The molecule has 0 radical (unpaired) electrons. The molecule has 2 rings (SSSR count). The van der Waals surface area contributed by atoms with Gasteiger partial charge in [-0.05, 0) is 25.2 Å². The van der Waals surface area contributed by atoms with E-state index in [9.17, 15) is 9.59 Å². The summed E-state index contributed by atoms with van der Waals surface area (Å²) in [7, 11) is 0. The number of carbonyl (C=O) groups is 2. The number of rotatable bonds is 3. The van der Waals surface area contributed by atoms with Crippen molar-refractivity contribution in [1.82, 2.24) is 4.90 Å². The molecule has 0 bridgehead atoms. The van der Waals surface area contributed by atoms with E-state index in [0.717, 1.165) is 12.8 Å². The third kappa shape index (κ3) is 1.81. The molecule has 1 aliphatic heterocycles. The molecule has 3 nitrogen and oxygen atoms in total. The zero-order valence-corrected chi connectivity index (χ0v) is 10.8. The van der Waals surface area contributed by atoms with Gasteiger partial charge in [-0.25, -0.2) is 0 Å². The van der Waals surface area contributed by atoms with Crippen LogP contribution in [0.1, 0.15) is 33.6 Å². The number of hydrogen-bond donors (Lipinski definition) is 0. The summed E-state index contributed by atoms with van der Waals surface area (Å²) >= 11 is 0. The van der Waals surface area contributed by atoms with Crippen LogP contribution >= 0.6 is 0 Å². The minimum Gasteiger partial charge on any atom is -0.282 e. The molecule has 1 saturated heterocycles. The summed E-state index contributed by atoms with van der Waals surface area (Å²) in [5, 5.41) is 0. The number of carbonyl (C=O) groups excluding carboxylic acids is 2. The minimum atomic E-state index is -0.107. The van der Waals surface area contributed by atoms with Gasteiger partial charge in [0.1, 0.15) is 0 Å². The third-order valence-electron chi connectivity index (χ3n) is 4.12. The number of imide groups is 1. The second kappa shape index (κ2) is 4.63. The first kappa shape index (κ1) is 12.3. The quantitative estimate of drug-likeness (QED) is 0.555. The van der Waals surface area contributed by atoms with Gasteiger partial charge < -0.3 is 0 Å². The molecule has 0 saturated carbocycles. The molecule has 0 aromatic rings. The Labute approximate surface area is 103 Å². The highest BCUT2D eigenvalue weighted by atomic mass is 16.2. The maximum Gasteiger partial charge on any atom is 0.233 e. The molecule has 2 aliphatic rings. The van der Waals surface area contributed by atoms with Crippen molar-refractivity contribution in [3.8, 4) is 0 Å². The summed E-state index contributed by atoms with van der Waals surface area (Å²) in [5.41, 5.74) is 0. The van der Waals surface area contributed by atoms with Crippen LogP contribution < -0.4 is 0 Å². The van der Waals surface area contributed by atoms with E-state index in [1.165, 1.54) is 4.90 Å². The van der Waals surface area contributed by atoms with E-state index >= 15 is 0 Å². The highest BCUT2D eigenvalue weighted by Crippen LogP contribution is 2.42.